The van der Waals surface area contributed by atoms with E-state index in [0.717, 1.165) is 44.7 Å². The molecule has 6 heteroatoms. The van der Waals surface area contributed by atoms with Crippen LogP contribution in [0.3, 0.4) is 0 Å². The summed E-state index contributed by atoms with van der Waals surface area (Å²) in [4.78, 5) is 19.9. The van der Waals surface area contributed by atoms with E-state index in [9.17, 15) is 4.79 Å². The van der Waals surface area contributed by atoms with Crippen LogP contribution in [0.5, 0.6) is 0 Å². The summed E-state index contributed by atoms with van der Waals surface area (Å²) in [5.41, 5.74) is 1.17. The van der Waals surface area contributed by atoms with Gasteiger partial charge in [0.2, 0.25) is 0 Å². The first-order valence-corrected chi connectivity index (χ1v) is 8.63. The molecule has 6 nitrogen and oxygen atoms in total. The first-order valence-electron chi connectivity index (χ1n) is 8.63. The van der Waals surface area contributed by atoms with Gasteiger partial charge in [0, 0.05) is 33.4 Å². The Kier molecular flexibility index (Phi) is 5.36. The third-order valence-electron chi connectivity index (χ3n) is 5.04. The minimum atomic E-state index is 0.110. The number of rotatable bonds is 4. The molecule has 1 spiro atoms. The molecule has 0 N–H and O–H groups in total. The number of hydrogen-bond acceptors (Lipinski definition) is 4. The van der Waals surface area contributed by atoms with E-state index in [1.54, 1.807) is 25.2 Å². The fourth-order valence-corrected chi connectivity index (χ4v) is 3.58. The Bertz CT molecular complexity index is 542. The summed E-state index contributed by atoms with van der Waals surface area (Å²) < 4.78 is 11.7. The Morgan fingerprint density at radius 2 is 2.21 bits per heavy atom. The SMILES string of the molecule is CN(C)C(=O)N1CCC2(CC1)CO[C@@H](COCc1ccccn1)C2. The highest BCUT2D eigenvalue weighted by Gasteiger charge is 2.43. The molecule has 3 rings (SSSR count). The van der Waals surface area contributed by atoms with Gasteiger partial charge in [-0.3, -0.25) is 4.98 Å². The number of pyridine rings is 1. The Hall–Kier alpha value is -1.66. The van der Waals surface area contributed by atoms with Gasteiger partial charge in [0.1, 0.15) is 0 Å². The second kappa shape index (κ2) is 7.49. The maximum Gasteiger partial charge on any atom is 0.319 e. The number of piperidine rings is 1. The molecular formula is C18H27N3O3. The van der Waals surface area contributed by atoms with Gasteiger partial charge < -0.3 is 19.3 Å². The second-order valence-corrected chi connectivity index (χ2v) is 7.14. The van der Waals surface area contributed by atoms with Gasteiger partial charge in [0.25, 0.3) is 0 Å². The number of carbonyl (C=O) groups is 1. The summed E-state index contributed by atoms with van der Waals surface area (Å²) in [5, 5.41) is 0. The highest BCUT2D eigenvalue weighted by atomic mass is 16.5. The highest BCUT2D eigenvalue weighted by molar-refractivity contribution is 5.73. The smallest absolute Gasteiger partial charge is 0.319 e. The van der Waals surface area contributed by atoms with Crippen molar-refractivity contribution in [3.05, 3.63) is 30.1 Å². The molecule has 1 aromatic rings. The summed E-state index contributed by atoms with van der Waals surface area (Å²) in [6.07, 6.45) is 5.00. The van der Waals surface area contributed by atoms with E-state index in [2.05, 4.69) is 4.98 Å². The van der Waals surface area contributed by atoms with Crippen molar-refractivity contribution < 1.29 is 14.3 Å². The lowest BCUT2D eigenvalue weighted by Crippen LogP contribution is -2.47. The zero-order chi connectivity index (χ0) is 17.0. The summed E-state index contributed by atoms with van der Waals surface area (Å²) >= 11 is 0. The van der Waals surface area contributed by atoms with Crippen molar-refractivity contribution in [3.63, 3.8) is 0 Å². The largest absolute Gasteiger partial charge is 0.375 e. The van der Waals surface area contributed by atoms with Gasteiger partial charge in [-0.15, -0.1) is 0 Å². The number of likely N-dealkylation sites (tertiary alicyclic amines) is 1. The molecule has 0 aliphatic carbocycles. The van der Waals surface area contributed by atoms with Crippen molar-refractivity contribution in [2.45, 2.75) is 32.0 Å². The number of nitrogens with zero attached hydrogens (tertiary/aromatic N) is 3. The Morgan fingerprint density at radius 3 is 2.88 bits per heavy atom. The molecule has 2 aliphatic rings. The fraction of sp³-hybridized carbons (Fsp3) is 0.667. The number of amides is 2. The van der Waals surface area contributed by atoms with Crippen molar-refractivity contribution in [2.24, 2.45) is 5.41 Å². The molecule has 2 aliphatic heterocycles. The predicted octanol–water partition coefficient (Wildman–Crippen LogP) is 2.15. The van der Waals surface area contributed by atoms with Crippen molar-refractivity contribution >= 4 is 6.03 Å². The van der Waals surface area contributed by atoms with Crippen LogP contribution in [0.2, 0.25) is 0 Å². The van der Waals surface area contributed by atoms with Crippen LogP contribution >= 0.6 is 0 Å². The number of carbonyl (C=O) groups excluding carboxylic acids is 1. The minimum absolute atomic E-state index is 0.110. The molecular weight excluding hydrogens is 306 g/mol. The van der Waals surface area contributed by atoms with E-state index < -0.39 is 0 Å². The molecule has 132 valence electrons. The summed E-state index contributed by atoms with van der Waals surface area (Å²) in [6, 6.07) is 5.95. The standard InChI is InChI=1S/C18H27N3O3/c1-20(2)17(22)21-9-6-18(7-10-21)11-16(24-14-18)13-23-12-15-5-3-4-8-19-15/h3-5,8,16H,6-7,9-14H2,1-2H3/t16-/m1/s1. The molecule has 0 bridgehead atoms. The van der Waals surface area contributed by atoms with Crippen LogP contribution < -0.4 is 0 Å². The van der Waals surface area contributed by atoms with Gasteiger partial charge in [0.05, 0.1) is 31.6 Å². The highest BCUT2D eigenvalue weighted by Crippen LogP contribution is 2.42. The van der Waals surface area contributed by atoms with E-state index in [4.69, 9.17) is 9.47 Å². The van der Waals surface area contributed by atoms with E-state index in [0.29, 0.717) is 13.2 Å². The van der Waals surface area contributed by atoms with Crippen molar-refractivity contribution in [3.8, 4) is 0 Å². The van der Waals surface area contributed by atoms with E-state index >= 15 is 0 Å². The van der Waals surface area contributed by atoms with Crippen LogP contribution in [0.4, 0.5) is 4.79 Å². The maximum absolute atomic E-state index is 12.0. The normalized spacial score (nSPS) is 22.8. The Morgan fingerprint density at radius 1 is 1.42 bits per heavy atom. The lowest BCUT2D eigenvalue weighted by molar-refractivity contribution is 0.00604. The Balaban J connectivity index is 1.42. The number of hydrogen-bond donors (Lipinski definition) is 0. The number of urea groups is 1. The molecule has 24 heavy (non-hydrogen) atoms. The van der Waals surface area contributed by atoms with E-state index in [-0.39, 0.29) is 17.6 Å². The number of ether oxygens (including phenoxy) is 2. The van der Waals surface area contributed by atoms with Crippen molar-refractivity contribution in [2.75, 3.05) is 40.4 Å². The summed E-state index contributed by atoms with van der Waals surface area (Å²) in [5.74, 6) is 0. The third-order valence-corrected chi connectivity index (χ3v) is 5.04. The molecule has 2 fully saturated rings. The topological polar surface area (TPSA) is 54.9 Å². The van der Waals surface area contributed by atoms with Crippen LogP contribution in [-0.2, 0) is 16.1 Å². The maximum atomic E-state index is 12.0. The average Bonchev–Trinajstić information content (AvgIpc) is 2.98. The second-order valence-electron chi connectivity index (χ2n) is 7.14. The first kappa shape index (κ1) is 17.2. The molecule has 3 heterocycles. The first-order chi connectivity index (χ1) is 11.6. The fourth-order valence-electron chi connectivity index (χ4n) is 3.58. The van der Waals surface area contributed by atoms with Crippen molar-refractivity contribution in [1.82, 2.24) is 14.8 Å². The van der Waals surface area contributed by atoms with E-state index in [1.165, 1.54) is 0 Å². The van der Waals surface area contributed by atoms with Crippen molar-refractivity contribution in [1.29, 1.82) is 0 Å². The molecule has 0 saturated carbocycles. The van der Waals surface area contributed by atoms with Crippen LogP contribution in [0.15, 0.2) is 24.4 Å². The van der Waals surface area contributed by atoms with Crippen LogP contribution in [-0.4, -0.2) is 67.3 Å². The van der Waals surface area contributed by atoms with Crippen LogP contribution in [0.1, 0.15) is 25.0 Å². The van der Waals surface area contributed by atoms with Crippen LogP contribution in [0.25, 0.3) is 0 Å². The zero-order valence-corrected chi connectivity index (χ0v) is 14.6. The zero-order valence-electron chi connectivity index (χ0n) is 14.6. The molecule has 2 amide bonds. The quantitative estimate of drug-likeness (QED) is 0.847. The van der Waals surface area contributed by atoms with Gasteiger partial charge in [0.15, 0.2) is 0 Å². The van der Waals surface area contributed by atoms with Gasteiger partial charge in [-0.25, -0.2) is 4.79 Å². The number of aromatic nitrogens is 1. The Labute approximate surface area is 143 Å². The molecule has 2 saturated heterocycles. The molecule has 0 unspecified atom stereocenters. The molecule has 1 aromatic heterocycles. The monoisotopic (exact) mass is 333 g/mol. The van der Waals surface area contributed by atoms with Gasteiger partial charge >= 0.3 is 6.03 Å². The lowest BCUT2D eigenvalue weighted by atomic mass is 9.77. The van der Waals surface area contributed by atoms with Gasteiger partial charge in [-0.05, 0) is 36.8 Å². The molecule has 0 radical (unpaired) electrons. The van der Waals surface area contributed by atoms with Crippen LogP contribution in [0, 0.1) is 5.41 Å². The van der Waals surface area contributed by atoms with Gasteiger partial charge in [-0.1, -0.05) is 6.07 Å². The lowest BCUT2D eigenvalue weighted by Gasteiger charge is -2.39. The average molecular weight is 333 g/mol. The minimum Gasteiger partial charge on any atom is -0.375 e. The summed E-state index contributed by atoms with van der Waals surface area (Å²) in [6.45, 7) is 3.57. The summed E-state index contributed by atoms with van der Waals surface area (Å²) in [7, 11) is 3.61. The van der Waals surface area contributed by atoms with Gasteiger partial charge in [-0.2, -0.15) is 0 Å². The predicted molar refractivity (Wildman–Crippen MR) is 90.6 cm³/mol. The molecule has 1 atom stereocenters. The molecule has 0 aromatic carbocycles. The van der Waals surface area contributed by atoms with E-state index in [1.807, 2.05) is 23.1 Å². The third kappa shape index (κ3) is 4.05.